The lowest BCUT2D eigenvalue weighted by molar-refractivity contribution is -0.113. The van der Waals surface area contributed by atoms with Gasteiger partial charge in [0.05, 0.1) is 20.0 Å². The van der Waals surface area contributed by atoms with Gasteiger partial charge in [0.2, 0.25) is 5.91 Å². The van der Waals surface area contributed by atoms with E-state index in [2.05, 4.69) is 5.32 Å². The fourth-order valence-corrected chi connectivity index (χ4v) is 2.83. The topological polar surface area (TPSA) is 47.6 Å². The first-order valence-corrected chi connectivity index (χ1v) is 8.49. The molecule has 0 atom stereocenters. The number of anilines is 1. The standard InChI is InChI=1S/C17H18ClNO3S/c1-21-15-7-14(8-16(9-15)22-2)19-17(20)11-23-10-12-3-5-13(18)6-4-12/h3-9H,10-11H2,1-2H3,(H,19,20). The minimum absolute atomic E-state index is 0.0701. The number of rotatable bonds is 7. The Bertz CT molecular complexity index is 639. The predicted molar refractivity (Wildman–Crippen MR) is 95.8 cm³/mol. The van der Waals surface area contributed by atoms with Crippen molar-refractivity contribution in [1.29, 1.82) is 0 Å². The lowest BCUT2D eigenvalue weighted by Crippen LogP contribution is -2.14. The third-order valence-corrected chi connectivity index (χ3v) is 4.31. The van der Waals surface area contributed by atoms with E-state index in [1.807, 2.05) is 24.3 Å². The van der Waals surface area contributed by atoms with Crippen molar-refractivity contribution in [2.45, 2.75) is 5.75 Å². The van der Waals surface area contributed by atoms with E-state index in [1.54, 1.807) is 44.2 Å². The molecule has 0 radical (unpaired) electrons. The lowest BCUT2D eigenvalue weighted by atomic mass is 10.2. The third-order valence-electron chi connectivity index (χ3n) is 3.05. The van der Waals surface area contributed by atoms with E-state index in [9.17, 15) is 4.79 Å². The van der Waals surface area contributed by atoms with Crippen LogP contribution in [0.4, 0.5) is 5.69 Å². The molecule has 2 rings (SSSR count). The molecular weight excluding hydrogens is 334 g/mol. The Labute approximate surface area is 145 Å². The van der Waals surface area contributed by atoms with Crippen LogP contribution < -0.4 is 14.8 Å². The summed E-state index contributed by atoms with van der Waals surface area (Å²) >= 11 is 7.39. The fourth-order valence-electron chi connectivity index (χ4n) is 1.92. The molecule has 0 aromatic heterocycles. The van der Waals surface area contributed by atoms with Gasteiger partial charge in [0.15, 0.2) is 0 Å². The summed E-state index contributed by atoms with van der Waals surface area (Å²) in [4.78, 5) is 12.0. The number of methoxy groups -OCH3 is 2. The number of carbonyl (C=O) groups is 1. The SMILES string of the molecule is COc1cc(NC(=O)CSCc2ccc(Cl)cc2)cc(OC)c1. The molecule has 0 heterocycles. The number of hydrogen-bond donors (Lipinski definition) is 1. The summed E-state index contributed by atoms with van der Waals surface area (Å²) in [5, 5.41) is 3.56. The van der Waals surface area contributed by atoms with Gasteiger partial charge in [0, 0.05) is 34.7 Å². The number of hydrogen-bond acceptors (Lipinski definition) is 4. The van der Waals surface area contributed by atoms with Crippen LogP contribution >= 0.6 is 23.4 Å². The molecule has 0 aliphatic carbocycles. The van der Waals surface area contributed by atoms with Gasteiger partial charge in [-0.15, -0.1) is 11.8 Å². The number of thioether (sulfide) groups is 1. The highest BCUT2D eigenvalue weighted by Crippen LogP contribution is 2.26. The highest BCUT2D eigenvalue weighted by atomic mass is 35.5. The molecule has 0 aliphatic heterocycles. The Morgan fingerprint density at radius 2 is 1.70 bits per heavy atom. The average molecular weight is 352 g/mol. The van der Waals surface area contributed by atoms with Crippen molar-refractivity contribution in [2.75, 3.05) is 25.3 Å². The quantitative estimate of drug-likeness (QED) is 0.811. The van der Waals surface area contributed by atoms with Crippen LogP contribution in [-0.2, 0) is 10.5 Å². The Hall–Kier alpha value is -1.85. The molecule has 2 aromatic rings. The number of amides is 1. The van der Waals surface area contributed by atoms with Crippen molar-refractivity contribution in [1.82, 2.24) is 0 Å². The van der Waals surface area contributed by atoms with E-state index in [-0.39, 0.29) is 5.91 Å². The van der Waals surface area contributed by atoms with Crippen LogP contribution in [-0.4, -0.2) is 25.9 Å². The molecule has 0 saturated heterocycles. The fraction of sp³-hybridized carbons (Fsp3) is 0.235. The maximum absolute atomic E-state index is 12.0. The van der Waals surface area contributed by atoms with Gasteiger partial charge in [0.1, 0.15) is 11.5 Å². The molecule has 1 amide bonds. The Morgan fingerprint density at radius 3 is 2.26 bits per heavy atom. The van der Waals surface area contributed by atoms with Gasteiger partial charge in [-0.25, -0.2) is 0 Å². The normalized spacial score (nSPS) is 10.2. The van der Waals surface area contributed by atoms with Crippen molar-refractivity contribution in [3.8, 4) is 11.5 Å². The van der Waals surface area contributed by atoms with Crippen LogP contribution in [0.3, 0.4) is 0 Å². The molecule has 0 fully saturated rings. The zero-order valence-electron chi connectivity index (χ0n) is 13.0. The smallest absolute Gasteiger partial charge is 0.234 e. The van der Waals surface area contributed by atoms with Gasteiger partial charge in [0.25, 0.3) is 0 Å². The Morgan fingerprint density at radius 1 is 1.09 bits per heavy atom. The predicted octanol–water partition coefficient (Wildman–Crippen LogP) is 4.23. The summed E-state index contributed by atoms with van der Waals surface area (Å²) in [6.45, 7) is 0. The summed E-state index contributed by atoms with van der Waals surface area (Å²) in [5.41, 5.74) is 1.79. The van der Waals surface area contributed by atoms with Gasteiger partial charge in [-0.1, -0.05) is 23.7 Å². The number of nitrogens with one attached hydrogen (secondary N) is 1. The second-order valence-corrected chi connectivity index (χ2v) is 6.19. The van der Waals surface area contributed by atoms with E-state index in [0.717, 1.165) is 11.3 Å². The molecule has 0 bridgehead atoms. The molecule has 122 valence electrons. The average Bonchev–Trinajstić information content (AvgIpc) is 2.56. The van der Waals surface area contributed by atoms with Crippen LogP contribution in [0.5, 0.6) is 11.5 Å². The molecular formula is C17H18ClNO3S. The number of ether oxygens (including phenoxy) is 2. The second kappa shape index (κ2) is 8.70. The van der Waals surface area contributed by atoms with Gasteiger partial charge >= 0.3 is 0 Å². The molecule has 0 unspecified atom stereocenters. The molecule has 2 aromatic carbocycles. The summed E-state index contributed by atoms with van der Waals surface area (Å²) in [5.74, 6) is 2.31. The van der Waals surface area contributed by atoms with Gasteiger partial charge in [-0.2, -0.15) is 0 Å². The molecule has 23 heavy (non-hydrogen) atoms. The van der Waals surface area contributed by atoms with E-state index in [4.69, 9.17) is 21.1 Å². The molecule has 6 heteroatoms. The van der Waals surface area contributed by atoms with Crippen molar-refractivity contribution < 1.29 is 14.3 Å². The van der Waals surface area contributed by atoms with Gasteiger partial charge in [-0.05, 0) is 17.7 Å². The van der Waals surface area contributed by atoms with E-state index in [1.165, 1.54) is 0 Å². The van der Waals surface area contributed by atoms with E-state index >= 15 is 0 Å². The minimum Gasteiger partial charge on any atom is -0.497 e. The van der Waals surface area contributed by atoms with Crippen LogP contribution in [0.25, 0.3) is 0 Å². The van der Waals surface area contributed by atoms with Crippen molar-refractivity contribution in [2.24, 2.45) is 0 Å². The first-order chi connectivity index (χ1) is 11.1. The van der Waals surface area contributed by atoms with E-state index in [0.29, 0.717) is 28.0 Å². The summed E-state index contributed by atoms with van der Waals surface area (Å²) in [7, 11) is 3.14. The second-order valence-electron chi connectivity index (χ2n) is 4.77. The van der Waals surface area contributed by atoms with Crippen molar-refractivity contribution >= 4 is 35.0 Å². The minimum atomic E-state index is -0.0701. The number of benzene rings is 2. The van der Waals surface area contributed by atoms with Crippen molar-refractivity contribution in [3.63, 3.8) is 0 Å². The zero-order valence-corrected chi connectivity index (χ0v) is 14.5. The van der Waals surface area contributed by atoms with Crippen LogP contribution in [0.1, 0.15) is 5.56 Å². The molecule has 0 saturated carbocycles. The Balaban J connectivity index is 1.85. The van der Waals surface area contributed by atoms with Crippen LogP contribution in [0.2, 0.25) is 5.02 Å². The highest BCUT2D eigenvalue weighted by Gasteiger charge is 2.06. The molecule has 0 aliphatic rings. The highest BCUT2D eigenvalue weighted by molar-refractivity contribution is 7.99. The van der Waals surface area contributed by atoms with E-state index < -0.39 is 0 Å². The number of halogens is 1. The zero-order chi connectivity index (χ0) is 16.7. The first-order valence-electron chi connectivity index (χ1n) is 6.96. The van der Waals surface area contributed by atoms with Crippen molar-refractivity contribution in [3.05, 3.63) is 53.1 Å². The van der Waals surface area contributed by atoms with Crippen LogP contribution in [0.15, 0.2) is 42.5 Å². The lowest BCUT2D eigenvalue weighted by Gasteiger charge is -2.10. The largest absolute Gasteiger partial charge is 0.497 e. The number of carbonyl (C=O) groups excluding carboxylic acids is 1. The molecule has 4 nitrogen and oxygen atoms in total. The van der Waals surface area contributed by atoms with Crippen LogP contribution in [0, 0.1) is 0 Å². The monoisotopic (exact) mass is 351 g/mol. The Kier molecular flexibility index (Phi) is 6.62. The molecule has 1 N–H and O–H groups in total. The maximum Gasteiger partial charge on any atom is 0.234 e. The summed E-state index contributed by atoms with van der Waals surface area (Å²) in [6, 6.07) is 12.9. The first kappa shape index (κ1) is 17.5. The van der Waals surface area contributed by atoms with Gasteiger partial charge < -0.3 is 14.8 Å². The maximum atomic E-state index is 12.0. The summed E-state index contributed by atoms with van der Waals surface area (Å²) in [6.07, 6.45) is 0. The molecule has 0 spiro atoms. The van der Waals surface area contributed by atoms with Gasteiger partial charge in [-0.3, -0.25) is 4.79 Å². The third kappa shape index (κ3) is 5.69. The summed E-state index contributed by atoms with van der Waals surface area (Å²) < 4.78 is 10.4.